The lowest BCUT2D eigenvalue weighted by Gasteiger charge is -2.44. The fraction of sp³-hybridized carbons (Fsp3) is 0.545. The van der Waals surface area contributed by atoms with Crippen molar-refractivity contribution >= 4 is 12.2 Å². The molecule has 2 N–H and O–H groups in total. The summed E-state index contributed by atoms with van der Waals surface area (Å²) in [5.41, 5.74) is -0.191. The van der Waals surface area contributed by atoms with Gasteiger partial charge in [0.1, 0.15) is 12.2 Å². The van der Waals surface area contributed by atoms with Gasteiger partial charge in [-0.2, -0.15) is 0 Å². The van der Waals surface area contributed by atoms with E-state index in [2.05, 4.69) is 5.32 Å². The van der Waals surface area contributed by atoms with Gasteiger partial charge in [-0.25, -0.2) is 9.59 Å². The number of hydrogen-bond acceptors (Lipinski definition) is 5. The van der Waals surface area contributed by atoms with Crippen LogP contribution < -0.4 is 5.32 Å². The number of aliphatic hydroxyl groups excluding tert-OH is 1. The Balaban J connectivity index is 1.55. The minimum atomic E-state index is -0.676. The first-order valence-corrected chi connectivity index (χ1v) is 10.0. The minimum absolute atomic E-state index is 0.230. The summed E-state index contributed by atoms with van der Waals surface area (Å²) in [4.78, 5) is 26.3. The summed E-state index contributed by atoms with van der Waals surface area (Å²) < 4.78 is 10.8. The molecule has 3 rings (SSSR count). The fourth-order valence-corrected chi connectivity index (χ4v) is 3.93. The van der Waals surface area contributed by atoms with Crippen molar-refractivity contribution in [2.24, 2.45) is 5.41 Å². The summed E-state index contributed by atoms with van der Waals surface area (Å²) in [6.45, 7) is 6.57. The Hall–Kier alpha value is -2.54. The molecule has 0 radical (unpaired) electrons. The molecule has 2 amide bonds. The van der Waals surface area contributed by atoms with Crippen LogP contribution in [0.4, 0.5) is 9.59 Å². The number of amides is 2. The van der Waals surface area contributed by atoms with E-state index in [1.807, 2.05) is 36.4 Å². The zero-order chi connectivity index (χ0) is 21.1. The fourth-order valence-electron chi connectivity index (χ4n) is 3.93. The standard InChI is InChI=1S/C22H30N2O5/c1-21(2,3)29-19(26)23-17-9-10-18(25)22(17)11-13-24(14-12-22)20(27)28-15-16-7-5-4-6-8-16/h4-10,17-18,25H,11-15H2,1-3H3,(H,23,26)/t17-,18+/m0/s1. The number of nitrogens with one attached hydrogen (secondary N) is 1. The molecule has 1 aromatic rings. The van der Waals surface area contributed by atoms with Crippen molar-refractivity contribution in [1.82, 2.24) is 10.2 Å². The normalized spacial score (nSPS) is 23.1. The van der Waals surface area contributed by atoms with E-state index in [1.165, 1.54) is 0 Å². The highest BCUT2D eigenvalue weighted by Gasteiger charge is 2.49. The van der Waals surface area contributed by atoms with Gasteiger partial charge in [0, 0.05) is 18.5 Å². The van der Waals surface area contributed by atoms with Crippen LogP contribution in [0.1, 0.15) is 39.2 Å². The molecule has 0 saturated carbocycles. The number of rotatable bonds is 3. The molecule has 1 saturated heterocycles. The van der Waals surface area contributed by atoms with Gasteiger partial charge in [0.25, 0.3) is 0 Å². The van der Waals surface area contributed by atoms with E-state index in [9.17, 15) is 14.7 Å². The van der Waals surface area contributed by atoms with Crippen LogP contribution in [-0.4, -0.2) is 53.0 Å². The van der Waals surface area contributed by atoms with Crippen LogP contribution in [-0.2, 0) is 16.1 Å². The highest BCUT2D eigenvalue weighted by Crippen LogP contribution is 2.43. The zero-order valence-corrected chi connectivity index (χ0v) is 17.3. The van der Waals surface area contributed by atoms with E-state index < -0.39 is 23.2 Å². The first-order valence-electron chi connectivity index (χ1n) is 10.0. The lowest BCUT2D eigenvalue weighted by atomic mass is 9.72. The Morgan fingerprint density at radius 1 is 1.17 bits per heavy atom. The monoisotopic (exact) mass is 402 g/mol. The second kappa shape index (κ2) is 8.45. The molecule has 1 heterocycles. The maximum absolute atomic E-state index is 12.4. The molecule has 1 spiro atoms. The third-order valence-electron chi connectivity index (χ3n) is 5.52. The van der Waals surface area contributed by atoms with Crippen LogP contribution in [0.25, 0.3) is 0 Å². The van der Waals surface area contributed by atoms with Crippen LogP contribution in [0.15, 0.2) is 42.5 Å². The van der Waals surface area contributed by atoms with E-state index in [4.69, 9.17) is 9.47 Å². The largest absolute Gasteiger partial charge is 0.445 e. The van der Waals surface area contributed by atoms with Crippen molar-refractivity contribution < 1.29 is 24.2 Å². The molecule has 2 aliphatic rings. The Bertz CT molecular complexity index is 748. The second-order valence-corrected chi connectivity index (χ2v) is 8.71. The summed E-state index contributed by atoms with van der Waals surface area (Å²) in [7, 11) is 0. The van der Waals surface area contributed by atoms with Crippen LogP contribution >= 0.6 is 0 Å². The van der Waals surface area contributed by atoms with Crippen LogP contribution in [0.3, 0.4) is 0 Å². The van der Waals surface area contributed by atoms with E-state index in [0.717, 1.165) is 5.56 Å². The first-order chi connectivity index (χ1) is 13.7. The molecular weight excluding hydrogens is 372 g/mol. The average Bonchev–Trinajstić information content (AvgIpc) is 2.95. The van der Waals surface area contributed by atoms with Crippen molar-refractivity contribution in [3.8, 4) is 0 Å². The lowest BCUT2D eigenvalue weighted by molar-refractivity contribution is -0.00948. The van der Waals surface area contributed by atoms with Gasteiger partial charge in [0.05, 0.1) is 12.1 Å². The SMILES string of the molecule is CC(C)(C)OC(=O)N[C@H]1C=C[C@@H](O)C12CCN(C(=O)OCc1ccccc1)CC2. The molecule has 7 nitrogen and oxygen atoms in total. The van der Waals surface area contributed by atoms with E-state index >= 15 is 0 Å². The number of benzene rings is 1. The van der Waals surface area contributed by atoms with Gasteiger partial charge in [-0.1, -0.05) is 42.5 Å². The van der Waals surface area contributed by atoms with E-state index in [-0.39, 0.29) is 18.7 Å². The quantitative estimate of drug-likeness (QED) is 0.758. The predicted molar refractivity (Wildman–Crippen MR) is 108 cm³/mol. The Morgan fingerprint density at radius 2 is 1.83 bits per heavy atom. The van der Waals surface area contributed by atoms with Gasteiger partial charge in [0.2, 0.25) is 0 Å². The van der Waals surface area contributed by atoms with Crippen molar-refractivity contribution in [1.29, 1.82) is 0 Å². The van der Waals surface area contributed by atoms with Crippen LogP contribution in [0.2, 0.25) is 0 Å². The Morgan fingerprint density at radius 3 is 2.45 bits per heavy atom. The number of alkyl carbamates (subject to hydrolysis) is 1. The van der Waals surface area contributed by atoms with Gasteiger partial charge in [-0.15, -0.1) is 0 Å². The summed E-state index contributed by atoms with van der Waals surface area (Å²) in [6.07, 6.45) is 3.10. The first kappa shape index (κ1) is 21.2. The van der Waals surface area contributed by atoms with Gasteiger partial charge >= 0.3 is 12.2 Å². The van der Waals surface area contributed by atoms with E-state index in [0.29, 0.717) is 25.9 Å². The third-order valence-corrected chi connectivity index (χ3v) is 5.52. The number of likely N-dealkylation sites (tertiary alicyclic amines) is 1. The average molecular weight is 402 g/mol. The molecule has 0 bridgehead atoms. The highest BCUT2D eigenvalue weighted by molar-refractivity contribution is 5.69. The number of nitrogens with zero attached hydrogens (tertiary/aromatic N) is 1. The number of aliphatic hydroxyl groups is 1. The molecule has 0 unspecified atom stereocenters. The van der Waals surface area contributed by atoms with Crippen LogP contribution in [0.5, 0.6) is 0 Å². The number of hydrogen-bond donors (Lipinski definition) is 2. The third kappa shape index (κ3) is 5.09. The summed E-state index contributed by atoms with van der Waals surface area (Å²) in [6, 6.07) is 9.20. The molecule has 7 heteroatoms. The van der Waals surface area contributed by atoms with Gasteiger partial charge in [-0.3, -0.25) is 0 Å². The molecular formula is C22H30N2O5. The predicted octanol–water partition coefficient (Wildman–Crippen LogP) is 3.23. The molecule has 1 fully saturated rings. The van der Waals surface area contributed by atoms with Crippen LogP contribution in [0, 0.1) is 5.41 Å². The summed E-state index contributed by atoms with van der Waals surface area (Å²) >= 11 is 0. The lowest BCUT2D eigenvalue weighted by Crippen LogP contribution is -2.55. The van der Waals surface area contributed by atoms with Crippen molar-refractivity contribution in [3.05, 3.63) is 48.0 Å². The topological polar surface area (TPSA) is 88.1 Å². The smallest absolute Gasteiger partial charge is 0.410 e. The second-order valence-electron chi connectivity index (χ2n) is 8.71. The van der Waals surface area contributed by atoms with Gasteiger partial charge in [0.15, 0.2) is 0 Å². The molecule has 29 heavy (non-hydrogen) atoms. The number of carbonyl (C=O) groups excluding carboxylic acids is 2. The van der Waals surface area contributed by atoms with Crippen molar-refractivity contribution in [2.75, 3.05) is 13.1 Å². The number of piperidine rings is 1. The highest BCUT2D eigenvalue weighted by atomic mass is 16.6. The maximum Gasteiger partial charge on any atom is 0.410 e. The van der Waals surface area contributed by atoms with E-state index in [1.54, 1.807) is 31.7 Å². The summed E-state index contributed by atoms with van der Waals surface area (Å²) in [5, 5.41) is 13.5. The minimum Gasteiger partial charge on any atom is -0.445 e. The van der Waals surface area contributed by atoms with Crippen molar-refractivity contribution in [3.63, 3.8) is 0 Å². The summed E-state index contributed by atoms with van der Waals surface area (Å²) in [5.74, 6) is 0. The van der Waals surface area contributed by atoms with Gasteiger partial charge < -0.3 is 24.8 Å². The molecule has 1 aliphatic heterocycles. The maximum atomic E-state index is 12.4. The number of carbonyl (C=O) groups is 2. The Labute approximate surface area is 171 Å². The molecule has 0 aromatic heterocycles. The molecule has 1 aliphatic carbocycles. The zero-order valence-electron chi connectivity index (χ0n) is 17.3. The van der Waals surface area contributed by atoms with Crippen molar-refractivity contribution in [2.45, 2.75) is 58.0 Å². The molecule has 2 atom stereocenters. The van der Waals surface area contributed by atoms with Gasteiger partial charge in [-0.05, 0) is 39.2 Å². The molecule has 1 aromatic carbocycles. The number of ether oxygens (including phenoxy) is 2. The molecule has 158 valence electrons. The Kier molecular flexibility index (Phi) is 6.17.